The zero-order valence-electron chi connectivity index (χ0n) is 16.1. The van der Waals surface area contributed by atoms with Gasteiger partial charge in [-0.3, -0.25) is 14.6 Å². The third-order valence-electron chi connectivity index (χ3n) is 6.29. The molecule has 2 fully saturated rings. The fraction of sp³-hybridized carbons (Fsp3) is 0.435. The average Bonchev–Trinajstić information content (AvgIpc) is 3.12. The van der Waals surface area contributed by atoms with E-state index in [0.717, 1.165) is 31.4 Å². The first-order valence-corrected chi connectivity index (χ1v) is 10.2. The number of rotatable bonds is 4. The third kappa shape index (κ3) is 3.79. The number of nitrogens with zero attached hydrogens (tertiary/aromatic N) is 2. The summed E-state index contributed by atoms with van der Waals surface area (Å²) >= 11 is 0. The molecule has 0 radical (unpaired) electrons. The standard InChI is InChI=1S/C23H27N3O2/c27-21(25-15-19-11-5-8-14-24-19)20-16-26(17-23(20)12-6-2-7-13-23)22(28)18-9-3-1-4-10-18/h1,3-5,8-11,14,20H,2,6-7,12-13,15-17H2,(H,25,27). The Hall–Kier alpha value is -2.69. The lowest BCUT2D eigenvalue weighted by Crippen LogP contribution is -2.42. The van der Waals surface area contributed by atoms with Crippen LogP contribution in [0.15, 0.2) is 54.7 Å². The minimum absolute atomic E-state index is 0.0329. The van der Waals surface area contributed by atoms with Gasteiger partial charge in [0.1, 0.15) is 0 Å². The van der Waals surface area contributed by atoms with Crippen molar-refractivity contribution < 1.29 is 9.59 Å². The maximum Gasteiger partial charge on any atom is 0.253 e. The van der Waals surface area contributed by atoms with E-state index in [1.54, 1.807) is 6.20 Å². The highest BCUT2D eigenvalue weighted by molar-refractivity contribution is 5.95. The van der Waals surface area contributed by atoms with Crippen molar-refractivity contribution in [1.82, 2.24) is 15.2 Å². The second kappa shape index (κ2) is 8.13. The number of hydrogen-bond donors (Lipinski definition) is 1. The molecule has 5 heteroatoms. The Morgan fingerprint density at radius 1 is 1.04 bits per heavy atom. The highest BCUT2D eigenvalue weighted by Crippen LogP contribution is 2.48. The molecule has 1 aliphatic heterocycles. The van der Waals surface area contributed by atoms with Crippen molar-refractivity contribution in [1.29, 1.82) is 0 Å². The molecule has 146 valence electrons. The van der Waals surface area contributed by atoms with E-state index >= 15 is 0 Å². The molecule has 1 aliphatic carbocycles. The maximum absolute atomic E-state index is 13.1. The zero-order valence-corrected chi connectivity index (χ0v) is 16.1. The molecule has 5 nitrogen and oxygen atoms in total. The summed E-state index contributed by atoms with van der Waals surface area (Å²) in [5.41, 5.74) is 1.46. The Bertz CT molecular complexity index is 816. The molecule has 2 aliphatic rings. The molecular formula is C23H27N3O2. The van der Waals surface area contributed by atoms with E-state index < -0.39 is 0 Å². The second-order valence-electron chi connectivity index (χ2n) is 8.07. The Morgan fingerprint density at radius 2 is 1.79 bits per heavy atom. The number of pyridine rings is 1. The average molecular weight is 377 g/mol. The smallest absolute Gasteiger partial charge is 0.253 e. The molecule has 2 heterocycles. The second-order valence-corrected chi connectivity index (χ2v) is 8.07. The Kier molecular flexibility index (Phi) is 5.42. The van der Waals surface area contributed by atoms with Gasteiger partial charge in [-0.15, -0.1) is 0 Å². The molecule has 1 saturated heterocycles. The molecule has 1 spiro atoms. The van der Waals surface area contributed by atoms with Gasteiger partial charge in [0.15, 0.2) is 0 Å². The number of amides is 2. The lowest BCUT2D eigenvalue weighted by Gasteiger charge is -2.37. The molecule has 1 saturated carbocycles. The van der Waals surface area contributed by atoms with E-state index in [2.05, 4.69) is 10.3 Å². The fourth-order valence-corrected chi connectivity index (χ4v) is 4.81. The molecule has 0 bridgehead atoms. The minimum atomic E-state index is -0.149. The molecule has 1 unspecified atom stereocenters. The van der Waals surface area contributed by atoms with Crippen molar-refractivity contribution in [2.75, 3.05) is 13.1 Å². The molecule has 1 atom stereocenters. The number of benzene rings is 1. The van der Waals surface area contributed by atoms with Crippen LogP contribution in [0.4, 0.5) is 0 Å². The first-order chi connectivity index (χ1) is 13.7. The van der Waals surface area contributed by atoms with Gasteiger partial charge >= 0.3 is 0 Å². The van der Waals surface area contributed by atoms with Gasteiger partial charge in [-0.25, -0.2) is 0 Å². The molecule has 1 aromatic carbocycles. The zero-order chi connectivity index (χ0) is 19.4. The van der Waals surface area contributed by atoms with Crippen LogP contribution in [0.1, 0.15) is 48.2 Å². The molecule has 1 aromatic heterocycles. The number of carbonyl (C=O) groups is 2. The SMILES string of the molecule is O=C(NCc1ccccn1)C1CN(C(=O)c2ccccc2)CC12CCCCC2. The predicted octanol–water partition coefficient (Wildman–Crippen LogP) is 3.42. The van der Waals surface area contributed by atoms with Crippen LogP contribution in [0.2, 0.25) is 0 Å². The van der Waals surface area contributed by atoms with Crippen LogP contribution in [0, 0.1) is 11.3 Å². The van der Waals surface area contributed by atoms with E-state index in [1.807, 2.05) is 53.4 Å². The van der Waals surface area contributed by atoms with Crippen LogP contribution in [-0.2, 0) is 11.3 Å². The van der Waals surface area contributed by atoms with Crippen molar-refractivity contribution in [2.45, 2.75) is 38.6 Å². The van der Waals surface area contributed by atoms with Crippen LogP contribution >= 0.6 is 0 Å². The van der Waals surface area contributed by atoms with Crippen LogP contribution in [0.5, 0.6) is 0 Å². The number of carbonyl (C=O) groups excluding carboxylic acids is 2. The van der Waals surface area contributed by atoms with Gasteiger partial charge in [0.2, 0.25) is 5.91 Å². The lowest BCUT2D eigenvalue weighted by atomic mass is 9.67. The summed E-state index contributed by atoms with van der Waals surface area (Å²) in [7, 11) is 0. The molecule has 1 N–H and O–H groups in total. The molecule has 4 rings (SSSR count). The van der Waals surface area contributed by atoms with Crippen LogP contribution in [0.25, 0.3) is 0 Å². The van der Waals surface area contributed by atoms with E-state index in [4.69, 9.17) is 0 Å². The lowest BCUT2D eigenvalue weighted by molar-refractivity contribution is -0.128. The Morgan fingerprint density at radius 3 is 2.50 bits per heavy atom. The van der Waals surface area contributed by atoms with Gasteiger partial charge in [0.25, 0.3) is 5.91 Å². The highest BCUT2D eigenvalue weighted by atomic mass is 16.2. The van der Waals surface area contributed by atoms with Crippen molar-refractivity contribution in [3.63, 3.8) is 0 Å². The number of nitrogens with one attached hydrogen (secondary N) is 1. The summed E-state index contributed by atoms with van der Waals surface area (Å²) in [6.45, 7) is 1.61. The van der Waals surface area contributed by atoms with Gasteiger partial charge < -0.3 is 10.2 Å². The summed E-state index contributed by atoms with van der Waals surface area (Å²) in [5, 5.41) is 3.07. The van der Waals surface area contributed by atoms with Gasteiger partial charge in [0.05, 0.1) is 18.2 Å². The monoisotopic (exact) mass is 377 g/mol. The Labute approximate surface area is 166 Å². The van der Waals surface area contributed by atoms with Crippen LogP contribution < -0.4 is 5.32 Å². The van der Waals surface area contributed by atoms with Gasteiger partial charge in [-0.05, 0) is 37.1 Å². The third-order valence-corrected chi connectivity index (χ3v) is 6.29. The maximum atomic E-state index is 13.1. The van der Waals surface area contributed by atoms with Crippen LogP contribution in [-0.4, -0.2) is 34.8 Å². The highest BCUT2D eigenvalue weighted by Gasteiger charge is 2.51. The summed E-state index contributed by atoms with van der Waals surface area (Å²) in [6.07, 6.45) is 7.27. The molecule has 2 amide bonds. The van der Waals surface area contributed by atoms with Gasteiger partial charge in [-0.1, -0.05) is 43.5 Å². The van der Waals surface area contributed by atoms with E-state index in [9.17, 15) is 9.59 Å². The number of likely N-dealkylation sites (tertiary alicyclic amines) is 1. The van der Waals surface area contributed by atoms with Crippen molar-refractivity contribution in [3.05, 3.63) is 66.0 Å². The first-order valence-electron chi connectivity index (χ1n) is 10.2. The summed E-state index contributed by atoms with van der Waals surface area (Å²) in [4.78, 5) is 32.3. The van der Waals surface area contributed by atoms with Crippen molar-refractivity contribution in [2.24, 2.45) is 11.3 Å². The fourth-order valence-electron chi connectivity index (χ4n) is 4.81. The van der Waals surface area contributed by atoms with E-state index in [0.29, 0.717) is 25.2 Å². The first kappa shape index (κ1) is 18.7. The van der Waals surface area contributed by atoms with Crippen LogP contribution in [0.3, 0.4) is 0 Å². The van der Waals surface area contributed by atoms with E-state index in [-0.39, 0.29) is 23.1 Å². The minimum Gasteiger partial charge on any atom is -0.350 e. The predicted molar refractivity (Wildman–Crippen MR) is 107 cm³/mol. The summed E-state index contributed by atoms with van der Waals surface area (Å²) in [5.74, 6) is -0.0642. The number of aromatic nitrogens is 1. The molecular weight excluding hydrogens is 350 g/mol. The number of hydrogen-bond acceptors (Lipinski definition) is 3. The van der Waals surface area contributed by atoms with E-state index in [1.165, 1.54) is 6.42 Å². The molecule has 2 aromatic rings. The summed E-state index contributed by atoms with van der Waals surface area (Å²) < 4.78 is 0. The largest absolute Gasteiger partial charge is 0.350 e. The van der Waals surface area contributed by atoms with Crippen molar-refractivity contribution >= 4 is 11.8 Å². The van der Waals surface area contributed by atoms with Gasteiger partial charge in [0, 0.05) is 30.3 Å². The topological polar surface area (TPSA) is 62.3 Å². The van der Waals surface area contributed by atoms with Crippen molar-refractivity contribution in [3.8, 4) is 0 Å². The normalized spacial score (nSPS) is 20.9. The Balaban J connectivity index is 1.50. The molecule has 28 heavy (non-hydrogen) atoms. The summed E-state index contributed by atoms with van der Waals surface area (Å²) in [6, 6.07) is 15.1. The quantitative estimate of drug-likeness (QED) is 0.888. The van der Waals surface area contributed by atoms with Gasteiger partial charge in [-0.2, -0.15) is 0 Å².